The summed E-state index contributed by atoms with van der Waals surface area (Å²) in [6.07, 6.45) is 0. The van der Waals surface area contributed by atoms with Crippen molar-refractivity contribution in [2.24, 2.45) is 27.2 Å². The number of nitrogens with two attached hydrogens (primary N) is 3. The summed E-state index contributed by atoms with van der Waals surface area (Å²) in [5.41, 5.74) is 16.3. The van der Waals surface area contributed by atoms with Crippen LogP contribution in [-0.2, 0) is 0 Å². The molecule has 0 aliphatic rings. The second-order valence-corrected chi connectivity index (χ2v) is 4.12. The van der Waals surface area contributed by atoms with Gasteiger partial charge in [-0.1, -0.05) is 11.6 Å². The van der Waals surface area contributed by atoms with E-state index in [0.717, 1.165) is 0 Å². The molecule has 0 amide bonds. The van der Waals surface area contributed by atoms with Gasteiger partial charge in [0.2, 0.25) is 5.96 Å². The SMILES string of the molecule is COc1ccc(Cl)c(N=C(N)N=C(N)N)c1Br. The highest BCUT2D eigenvalue weighted by atomic mass is 79.9. The third-order valence-electron chi connectivity index (χ3n) is 1.72. The van der Waals surface area contributed by atoms with E-state index in [1.165, 1.54) is 7.11 Å². The van der Waals surface area contributed by atoms with Crippen LogP contribution < -0.4 is 21.9 Å². The number of hydrogen-bond donors (Lipinski definition) is 3. The van der Waals surface area contributed by atoms with Gasteiger partial charge in [-0.25, -0.2) is 4.99 Å². The van der Waals surface area contributed by atoms with Crippen molar-refractivity contribution in [1.29, 1.82) is 0 Å². The van der Waals surface area contributed by atoms with Crippen molar-refractivity contribution in [2.45, 2.75) is 0 Å². The predicted molar refractivity (Wildman–Crippen MR) is 72.8 cm³/mol. The van der Waals surface area contributed by atoms with Crippen molar-refractivity contribution in [3.63, 3.8) is 0 Å². The molecule has 1 aromatic carbocycles. The van der Waals surface area contributed by atoms with E-state index in [4.69, 9.17) is 33.5 Å². The molecular weight excluding hydrogens is 309 g/mol. The molecule has 92 valence electrons. The Balaban J connectivity index is 3.27. The van der Waals surface area contributed by atoms with E-state index in [1.807, 2.05) is 0 Å². The van der Waals surface area contributed by atoms with Gasteiger partial charge in [-0.2, -0.15) is 4.99 Å². The van der Waals surface area contributed by atoms with E-state index in [1.54, 1.807) is 12.1 Å². The zero-order valence-electron chi connectivity index (χ0n) is 8.95. The third-order valence-corrected chi connectivity index (χ3v) is 2.79. The maximum atomic E-state index is 5.98. The van der Waals surface area contributed by atoms with E-state index in [2.05, 4.69) is 25.9 Å². The number of hydrogen-bond acceptors (Lipinski definition) is 2. The Morgan fingerprint density at radius 3 is 2.53 bits per heavy atom. The Morgan fingerprint density at radius 2 is 2.00 bits per heavy atom. The number of aliphatic imine (C=N–C) groups is 2. The lowest BCUT2D eigenvalue weighted by molar-refractivity contribution is 0.412. The Labute approximate surface area is 112 Å². The molecule has 0 aliphatic carbocycles. The van der Waals surface area contributed by atoms with Gasteiger partial charge in [0.1, 0.15) is 11.4 Å². The molecule has 0 bridgehead atoms. The second kappa shape index (κ2) is 5.74. The van der Waals surface area contributed by atoms with Crippen molar-refractivity contribution in [3.05, 3.63) is 21.6 Å². The predicted octanol–water partition coefficient (Wildman–Crippen LogP) is 1.33. The molecule has 0 radical (unpaired) electrons. The van der Waals surface area contributed by atoms with E-state index in [-0.39, 0.29) is 11.9 Å². The van der Waals surface area contributed by atoms with Crippen molar-refractivity contribution in [2.75, 3.05) is 7.11 Å². The molecular formula is C9H11BrClN5O. The second-order valence-electron chi connectivity index (χ2n) is 2.92. The highest BCUT2D eigenvalue weighted by Gasteiger charge is 2.10. The van der Waals surface area contributed by atoms with Gasteiger partial charge in [0, 0.05) is 0 Å². The average molecular weight is 321 g/mol. The van der Waals surface area contributed by atoms with Crippen LogP contribution in [-0.4, -0.2) is 19.0 Å². The fourth-order valence-corrected chi connectivity index (χ4v) is 1.96. The van der Waals surface area contributed by atoms with Crippen LogP contribution >= 0.6 is 27.5 Å². The van der Waals surface area contributed by atoms with Crippen LogP contribution in [0.2, 0.25) is 5.02 Å². The summed E-state index contributed by atoms with van der Waals surface area (Å²) in [5, 5.41) is 0.395. The molecule has 8 heteroatoms. The van der Waals surface area contributed by atoms with Crippen LogP contribution in [0.5, 0.6) is 5.75 Å². The first-order valence-electron chi connectivity index (χ1n) is 4.41. The molecule has 0 saturated heterocycles. The summed E-state index contributed by atoms with van der Waals surface area (Å²) in [5.74, 6) is 0.299. The molecule has 0 unspecified atom stereocenters. The average Bonchev–Trinajstić information content (AvgIpc) is 2.23. The maximum Gasteiger partial charge on any atom is 0.223 e. The zero-order valence-corrected chi connectivity index (χ0v) is 11.3. The number of halogens is 2. The molecule has 0 aromatic heterocycles. The zero-order chi connectivity index (χ0) is 13.0. The Morgan fingerprint density at radius 1 is 1.35 bits per heavy atom. The Bertz CT molecular complexity index is 485. The summed E-state index contributed by atoms with van der Waals surface area (Å²) in [7, 11) is 1.53. The minimum Gasteiger partial charge on any atom is -0.495 e. The summed E-state index contributed by atoms with van der Waals surface area (Å²) in [6.45, 7) is 0. The molecule has 6 nitrogen and oxygen atoms in total. The van der Waals surface area contributed by atoms with Gasteiger partial charge in [0.15, 0.2) is 5.96 Å². The van der Waals surface area contributed by atoms with Gasteiger partial charge < -0.3 is 21.9 Å². The summed E-state index contributed by atoms with van der Waals surface area (Å²) in [6, 6.07) is 3.33. The van der Waals surface area contributed by atoms with Crippen molar-refractivity contribution in [1.82, 2.24) is 0 Å². The minimum atomic E-state index is -0.179. The van der Waals surface area contributed by atoms with Gasteiger partial charge in [0.25, 0.3) is 0 Å². The van der Waals surface area contributed by atoms with Crippen molar-refractivity contribution < 1.29 is 4.74 Å². The van der Waals surface area contributed by atoms with Crippen LogP contribution in [0, 0.1) is 0 Å². The highest BCUT2D eigenvalue weighted by molar-refractivity contribution is 9.10. The highest BCUT2D eigenvalue weighted by Crippen LogP contribution is 2.39. The Hall–Kier alpha value is -1.47. The number of nitrogens with zero attached hydrogens (tertiary/aromatic N) is 2. The summed E-state index contributed by atoms with van der Waals surface area (Å²) in [4.78, 5) is 7.59. The minimum absolute atomic E-state index is 0.0964. The lowest BCUT2D eigenvalue weighted by Gasteiger charge is -2.07. The number of guanidine groups is 2. The van der Waals surface area contributed by atoms with Crippen LogP contribution in [0.3, 0.4) is 0 Å². The maximum absolute atomic E-state index is 5.98. The first-order valence-corrected chi connectivity index (χ1v) is 5.58. The summed E-state index contributed by atoms with van der Waals surface area (Å²) >= 11 is 9.28. The lowest BCUT2D eigenvalue weighted by Crippen LogP contribution is -2.26. The molecule has 0 heterocycles. The molecule has 0 fully saturated rings. The number of ether oxygens (including phenoxy) is 1. The normalized spacial score (nSPS) is 11.1. The molecule has 0 aliphatic heterocycles. The van der Waals surface area contributed by atoms with Crippen LogP contribution in [0.25, 0.3) is 0 Å². The van der Waals surface area contributed by atoms with E-state index in [0.29, 0.717) is 20.9 Å². The molecule has 17 heavy (non-hydrogen) atoms. The molecule has 6 N–H and O–H groups in total. The fourth-order valence-electron chi connectivity index (χ4n) is 1.05. The topological polar surface area (TPSA) is 112 Å². The van der Waals surface area contributed by atoms with Gasteiger partial charge in [-0.3, -0.25) is 0 Å². The molecule has 1 aromatic rings. The van der Waals surface area contributed by atoms with Crippen molar-refractivity contribution >= 4 is 45.1 Å². The number of rotatable bonds is 2. The number of benzene rings is 1. The van der Waals surface area contributed by atoms with Crippen LogP contribution in [0.4, 0.5) is 5.69 Å². The standard InChI is InChI=1S/C9H11BrClN5O/c1-17-5-3-2-4(11)7(6(5)10)15-9(14)16-8(12)13/h2-3H,1H3,(H6,12,13,14,15,16). The van der Waals surface area contributed by atoms with E-state index in [9.17, 15) is 0 Å². The molecule has 1 rings (SSSR count). The van der Waals surface area contributed by atoms with Gasteiger partial charge >= 0.3 is 0 Å². The monoisotopic (exact) mass is 319 g/mol. The Kier molecular flexibility index (Phi) is 4.59. The fraction of sp³-hybridized carbons (Fsp3) is 0.111. The number of methoxy groups -OCH3 is 1. The van der Waals surface area contributed by atoms with Gasteiger partial charge in [-0.15, -0.1) is 0 Å². The quantitative estimate of drug-likeness (QED) is 0.563. The van der Waals surface area contributed by atoms with Crippen LogP contribution in [0.15, 0.2) is 26.6 Å². The summed E-state index contributed by atoms with van der Waals surface area (Å²) < 4.78 is 5.67. The van der Waals surface area contributed by atoms with Gasteiger partial charge in [0.05, 0.1) is 16.6 Å². The first-order chi connectivity index (χ1) is 7.95. The smallest absolute Gasteiger partial charge is 0.223 e. The third kappa shape index (κ3) is 3.50. The van der Waals surface area contributed by atoms with Crippen molar-refractivity contribution in [3.8, 4) is 5.75 Å². The molecule has 0 saturated carbocycles. The van der Waals surface area contributed by atoms with E-state index < -0.39 is 0 Å². The van der Waals surface area contributed by atoms with Crippen LogP contribution in [0.1, 0.15) is 0 Å². The largest absolute Gasteiger partial charge is 0.495 e. The molecule has 0 spiro atoms. The lowest BCUT2D eigenvalue weighted by atomic mass is 10.3. The first kappa shape index (κ1) is 13.6. The van der Waals surface area contributed by atoms with Gasteiger partial charge in [-0.05, 0) is 28.1 Å². The molecule has 0 atom stereocenters. The van der Waals surface area contributed by atoms with E-state index >= 15 is 0 Å².